The first kappa shape index (κ1) is 17.2. The van der Waals surface area contributed by atoms with Crippen molar-refractivity contribution in [1.82, 2.24) is 15.0 Å². The van der Waals surface area contributed by atoms with E-state index in [4.69, 9.17) is 20.9 Å². The number of piperazine rings is 1. The summed E-state index contributed by atoms with van der Waals surface area (Å²) in [5.74, 6) is 0.700. The van der Waals surface area contributed by atoms with Crippen LogP contribution in [0.5, 0.6) is 0 Å². The van der Waals surface area contributed by atoms with Gasteiger partial charge in [0.1, 0.15) is 0 Å². The van der Waals surface area contributed by atoms with Crippen LogP contribution in [0.25, 0.3) is 0 Å². The molecule has 0 spiro atoms. The van der Waals surface area contributed by atoms with Gasteiger partial charge in [0.25, 0.3) is 0 Å². The molecule has 24 heavy (non-hydrogen) atoms. The third kappa shape index (κ3) is 4.69. The summed E-state index contributed by atoms with van der Waals surface area (Å²) in [5, 5.41) is 4.83. The fraction of sp³-hybridized carbons (Fsp3) is 0.529. The van der Waals surface area contributed by atoms with Crippen molar-refractivity contribution < 1.29 is 9.26 Å². The molecule has 0 saturated carbocycles. The molecule has 2 heterocycles. The number of anilines is 1. The molecule has 0 radical (unpaired) electrons. The zero-order chi connectivity index (χ0) is 16.8. The van der Waals surface area contributed by atoms with E-state index in [1.54, 1.807) is 0 Å². The van der Waals surface area contributed by atoms with Crippen LogP contribution >= 0.6 is 11.6 Å². The highest BCUT2D eigenvalue weighted by Crippen LogP contribution is 2.17. The first-order valence-corrected chi connectivity index (χ1v) is 8.74. The number of aromatic nitrogens is 2. The van der Waals surface area contributed by atoms with Gasteiger partial charge < -0.3 is 14.2 Å². The molecular formula is C17H23ClN4O2. The SMILES string of the molecule is CCOCCN1CCN(c2nc(Cc3ccc(Cl)cc3)no2)CC1. The van der Waals surface area contributed by atoms with E-state index in [0.717, 1.165) is 56.5 Å². The molecule has 0 bridgehead atoms. The number of rotatable bonds is 7. The van der Waals surface area contributed by atoms with Gasteiger partial charge in [-0.1, -0.05) is 28.9 Å². The first-order chi connectivity index (χ1) is 11.7. The van der Waals surface area contributed by atoms with Crippen molar-refractivity contribution >= 4 is 17.6 Å². The van der Waals surface area contributed by atoms with E-state index in [2.05, 4.69) is 19.9 Å². The van der Waals surface area contributed by atoms with Gasteiger partial charge in [-0.3, -0.25) is 4.90 Å². The number of halogens is 1. The standard InChI is InChI=1S/C17H23ClN4O2/c1-2-23-12-11-21-7-9-22(10-8-21)17-19-16(20-24-17)13-14-3-5-15(18)6-4-14/h3-6H,2,7-13H2,1H3. The highest BCUT2D eigenvalue weighted by atomic mass is 35.5. The summed E-state index contributed by atoms with van der Waals surface area (Å²) in [6.07, 6.45) is 0.648. The second-order valence-corrected chi connectivity index (χ2v) is 6.26. The van der Waals surface area contributed by atoms with Gasteiger partial charge >= 0.3 is 6.01 Å². The van der Waals surface area contributed by atoms with Gasteiger partial charge in [0, 0.05) is 50.8 Å². The summed E-state index contributed by atoms with van der Waals surface area (Å²) in [5.41, 5.74) is 1.12. The molecule has 3 rings (SSSR count). The predicted molar refractivity (Wildman–Crippen MR) is 93.7 cm³/mol. The average molecular weight is 351 g/mol. The Hall–Kier alpha value is -1.63. The van der Waals surface area contributed by atoms with Gasteiger partial charge in [-0.15, -0.1) is 0 Å². The molecule has 6 nitrogen and oxygen atoms in total. The van der Waals surface area contributed by atoms with E-state index in [1.807, 2.05) is 31.2 Å². The minimum absolute atomic E-state index is 0.614. The fourth-order valence-corrected chi connectivity index (χ4v) is 2.86. The lowest BCUT2D eigenvalue weighted by Gasteiger charge is -2.33. The molecular weight excluding hydrogens is 328 g/mol. The van der Waals surface area contributed by atoms with Crippen molar-refractivity contribution in [3.8, 4) is 0 Å². The van der Waals surface area contributed by atoms with Crippen LogP contribution in [0.4, 0.5) is 6.01 Å². The van der Waals surface area contributed by atoms with E-state index < -0.39 is 0 Å². The second-order valence-electron chi connectivity index (χ2n) is 5.82. The Morgan fingerprint density at radius 1 is 1.17 bits per heavy atom. The first-order valence-electron chi connectivity index (χ1n) is 8.36. The zero-order valence-corrected chi connectivity index (χ0v) is 14.7. The van der Waals surface area contributed by atoms with Gasteiger partial charge in [-0.05, 0) is 24.6 Å². The van der Waals surface area contributed by atoms with Crippen molar-refractivity contribution in [2.75, 3.05) is 50.8 Å². The Bertz CT molecular complexity index is 624. The lowest BCUT2D eigenvalue weighted by Crippen LogP contribution is -2.47. The van der Waals surface area contributed by atoms with E-state index in [0.29, 0.717) is 18.3 Å². The highest BCUT2D eigenvalue weighted by molar-refractivity contribution is 6.30. The summed E-state index contributed by atoms with van der Waals surface area (Å²) in [7, 11) is 0. The fourth-order valence-electron chi connectivity index (χ4n) is 2.73. The molecule has 1 aromatic heterocycles. The average Bonchev–Trinajstić information content (AvgIpc) is 3.06. The molecule has 1 aliphatic heterocycles. The summed E-state index contributed by atoms with van der Waals surface area (Å²) < 4.78 is 10.8. The minimum Gasteiger partial charge on any atom is -0.380 e. The second kappa shape index (κ2) is 8.46. The minimum atomic E-state index is 0.614. The van der Waals surface area contributed by atoms with Crippen LogP contribution in [0.1, 0.15) is 18.3 Å². The topological polar surface area (TPSA) is 54.6 Å². The smallest absolute Gasteiger partial charge is 0.324 e. The summed E-state index contributed by atoms with van der Waals surface area (Å²) in [6, 6.07) is 8.33. The summed E-state index contributed by atoms with van der Waals surface area (Å²) in [4.78, 5) is 9.07. The molecule has 0 aliphatic carbocycles. The molecule has 0 unspecified atom stereocenters. The Balaban J connectivity index is 1.50. The molecule has 1 aliphatic rings. The van der Waals surface area contributed by atoms with Crippen molar-refractivity contribution in [3.05, 3.63) is 40.7 Å². The maximum absolute atomic E-state index is 5.90. The number of nitrogens with zero attached hydrogens (tertiary/aromatic N) is 4. The Labute approximate surface area is 147 Å². The van der Waals surface area contributed by atoms with E-state index >= 15 is 0 Å². The van der Waals surface area contributed by atoms with Gasteiger partial charge in [0.15, 0.2) is 5.82 Å². The summed E-state index contributed by atoms with van der Waals surface area (Å²) in [6.45, 7) is 8.34. The Morgan fingerprint density at radius 2 is 1.92 bits per heavy atom. The molecule has 1 fully saturated rings. The van der Waals surface area contributed by atoms with Crippen LogP contribution in [0, 0.1) is 0 Å². The maximum Gasteiger partial charge on any atom is 0.324 e. The third-order valence-electron chi connectivity index (χ3n) is 4.13. The van der Waals surface area contributed by atoms with Crippen molar-refractivity contribution in [1.29, 1.82) is 0 Å². The van der Waals surface area contributed by atoms with Crippen LogP contribution in [-0.4, -0.2) is 61.0 Å². The van der Waals surface area contributed by atoms with Gasteiger partial charge in [-0.25, -0.2) is 0 Å². The number of ether oxygens (including phenoxy) is 1. The Morgan fingerprint density at radius 3 is 2.62 bits per heavy atom. The lowest BCUT2D eigenvalue weighted by atomic mass is 10.1. The van der Waals surface area contributed by atoms with Crippen LogP contribution < -0.4 is 4.90 Å². The highest BCUT2D eigenvalue weighted by Gasteiger charge is 2.21. The largest absolute Gasteiger partial charge is 0.380 e. The van der Waals surface area contributed by atoms with Crippen molar-refractivity contribution in [2.24, 2.45) is 0 Å². The van der Waals surface area contributed by atoms with Gasteiger partial charge in [0.05, 0.1) is 6.61 Å². The van der Waals surface area contributed by atoms with Crippen LogP contribution in [0.2, 0.25) is 5.02 Å². The number of benzene rings is 1. The monoisotopic (exact) mass is 350 g/mol. The number of hydrogen-bond acceptors (Lipinski definition) is 6. The quantitative estimate of drug-likeness (QED) is 0.715. The molecule has 0 atom stereocenters. The van der Waals surface area contributed by atoms with Crippen molar-refractivity contribution in [3.63, 3.8) is 0 Å². The van der Waals surface area contributed by atoms with Crippen LogP contribution in [0.15, 0.2) is 28.8 Å². The van der Waals surface area contributed by atoms with Crippen LogP contribution in [0.3, 0.4) is 0 Å². The predicted octanol–water partition coefficient (Wildman–Crippen LogP) is 2.47. The normalized spacial score (nSPS) is 15.8. The maximum atomic E-state index is 5.90. The summed E-state index contributed by atoms with van der Waals surface area (Å²) >= 11 is 5.90. The Kier molecular flexibility index (Phi) is 6.07. The van der Waals surface area contributed by atoms with Gasteiger partial charge in [-0.2, -0.15) is 4.98 Å². The molecule has 2 aromatic rings. The van der Waals surface area contributed by atoms with Crippen molar-refractivity contribution in [2.45, 2.75) is 13.3 Å². The van der Waals surface area contributed by atoms with Gasteiger partial charge in [0.2, 0.25) is 0 Å². The molecule has 130 valence electrons. The third-order valence-corrected chi connectivity index (χ3v) is 4.38. The van der Waals surface area contributed by atoms with E-state index in [-0.39, 0.29) is 0 Å². The van der Waals surface area contributed by atoms with Crippen LogP contribution in [-0.2, 0) is 11.2 Å². The van der Waals surface area contributed by atoms with E-state index in [9.17, 15) is 0 Å². The molecule has 0 N–H and O–H groups in total. The lowest BCUT2D eigenvalue weighted by molar-refractivity contribution is 0.110. The zero-order valence-electron chi connectivity index (χ0n) is 13.9. The molecule has 1 aromatic carbocycles. The number of hydrogen-bond donors (Lipinski definition) is 0. The molecule has 0 amide bonds. The van der Waals surface area contributed by atoms with E-state index in [1.165, 1.54) is 0 Å². The molecule has 7 heteroatoms. The molecule has 1 saturated heterocycles.